The summed E-state index contributed by atoms with van der Waals surface area (Å²) < 4.78 is 28.5. The molecule has 0 aliphatic rings. The van der Waals surface area contributed by atoms with Crippen LogP contribution in [0.3, 0.4) is 0 Å². The molecule has 0 heterocycles. The van der Waals surface area contributed by atoms with Crippen LogP contribution < -0.4 is 15.4 Å². The minimum atomic E-state index is -3.81. The highest BCUT2D eigenvalue weighted by Crippen LogP contribution is 2.23. The Bertz CT molecular complexity index is 1180. The molecule has 0 bridgehead atoms. The fraction of sp³-hybridized carbons (Fsp3) is 0.576. The van der Waals surface area contributed by atoms with Crippen LogP contribution in [0.4, 0.5) is 11.4 Å². The maximum absolute atomic E-state index is 12.9. The maximum atomic E-state index is 12.9. The highest BCUT2D eigenvalue weighted by atomic mass is 32.2. The lowest BCUT2D eigenvalue weighted by Crippen LogP contribution is -2.25. The molecule has 2 aromatic carbocycles. The summed E-state index contributed by atoms with van der Waals surface area (Å²) in [6.45, 7) is 6.48. The van der Waals surface area contributed by atoms with Crippen LogP contribution >= 0.6 is 0 Å². The van der Waals surface area contributed by atoms with Crippen LogP contribution in [0.1, 0.15) is 114 Å². The van der Waals surface area contributed by atoms with Gasteiger partial charge in [0.2, 0.25) is 11.8 Å². The van der Waals surface area contributed by atoms with Gasteiger partial charge in [0.05, 0.1) is 10.6 Å². The van der Waals surface area contributed by atoms with Crippen molar-refractivity contribution in [2.75, 3.05) is 16.6 Å². The number of amides is 2. The van der Waals surface area contributed by atoms with E-state index in [9.17, 15) is 18.0 Å². The number of sulfonamides is 1. The number of hydrogen-bond donors (Lipinski definition) is 3. The summed E-state index contributed by atoms with van der Waals surface area (Å²) in [7, 11) is -3.81. The Balaban J connectivity index is 1.58. The van der Waals surface area contributed by atoms with Gasteiger partial charge in [-0.2, -0.15) is 0 Å². The SMILES string of the molecule is CCCCCCCCCCCCCCC(=O)NCCCC(=O)Nc1cccc(S(=O)(=O)Nc2cccc(C)c2C)c1. The zero-order valence-corrected chi connectivity index (χ0v) is 26.2. The zero-order chi connectivity index (χ0) is 29.9. The van der Waals surface area contributed by atoms with Gasteiger partial charge in [-0.3, -0.25) is 14.3 Å². The fourth-order valence-electron chi connectivity index (χ4n) is 4.72. The van der Waals surface area contributed by atoms with Crippen LogP contribution in [0.2, 0.25) is 0 Å². The minimum Gasteiger partial charge on any atom is -0.356 e. The number of rotatable bonds is 21. The number of benzene rings is 2. The number of carbonyl (C=O) groups excluding carboxylic acids is 2. The van der Waals surface area contributed by atoms with Crippen LogP contribution in [0, 0.1) is 13.8 Å². The summed E-state index contributed by atoms with van der Waals surface area (Å²) in [5, 5.41) is 5.66. The molecule has 0 fully saturated rings. The van der Waals surface area contributed by atoms with E-state index < -0.39 is 10.0 Å². The molecule has 0 atom stereocenters. The number of carbonyl (C=O) groups is 2. The second-order valence-electron chi connectivity index (χ2n) is 11.0. The lowest BCUT2D eigenvalue weighted by Gasteiger charge is -2.13. The Labute approximate surface area is 248 Å². The van der Waals surface area contributed by atoms with Gasteiger partial charge in [0, 0.05) is 25.1 Å². The molecule has 0 aliphatic heterocycles. The molecule has 0 aromatic heterocycles. The molecule has 0 spiro atoms. The summed E-state index contributed by atoms with van der Waals surface area (Å²) in [6, 6.07) is 11.7. The third-order valence-electron chi connectivity index (χ3n) is 7.44. The van der Waals surface area contributed by atoms with Crippen molar-refractivity contribution in [3.63, 3.8) is 0 Å². The van der Waals surface area contributed by atoms with Gasteiger partial charge in [0.1, 0.15) is 0 Å². The molecule has 2 rings (SSSR count). The van der Waals surface area contributed by atoms with Gasteiger partial charge in [-0.05, 0) is 62.1 Å². The monoisotopic (exact) mass is 585 g/mol. The molecular formula is C33H51N3O4S. The van der Waals surface area contributed by atoms with Crippen LogP contribution in [-0.4, -0.2) is 26.8 Å². The van der Waals surface area contributed by atoms with Crippen LogP contribution in [0.15, 0.2) is 47.4 Å². The number of nitrogens with one attached hydrogen (secondary N) is 3. The van der Waals surface area contributed by atoms with E-state index in [0.29, 0.717) is 30.8 Å². The molecule has 41 heavy (non-hydrogen) atoms. The van der Waals surface area contributed by atoms with E-state index in [1.54, 1.807) is 24.3 Å². The largest absolute Gasteiger partial charge is 0.356 e. The number of aryl methyl sites for hydroxylation is 1. The predicted octanol–water partition coefficient (Wildman–Crippen LogP) is 8.03. The lowest BCUT2D eigenvalue weighted by molar-refractivity contribution is -0.121. The number of anilines is 2. The van der Waals surface area contributed by atoms with Crippen molar-refractivity contribution >= 4 is 33.2 Å². The van der Waals surface area contributed by atoms with Crippen molar-refractivity contribution in [2.45, 2.75) is 122 Å². The highest BCUT2D eigenvalue weighted by Gasteiger charge is 2.17. The Morgan fingerprint density at radius 1 is 0.707 bits per heavy atom. The molecule has 8 heteroatoms. The molecule has 0 saturated carbocycles. The molecular weight excluding hydrogens is 534 g/mol. The van der Waals surface area contributed by atoms with Gasteiger partial charge in [-0.25, -0.2) is 8.42 Å². The van der Waals surface area contributed by atoms with Crippen LogP contribution in [-0.2, 0) is 19.6 Å². The van der Waals surface area contributed by atoms with Crippen LogP contribution in [0.25, 0.3) is 0 Å². The molecule has 2 aromatic rings. The first-order valence-electron chi connectivity index (χ1n) is 15.5. The third kappa shape index (κ3) is 14.0. The van der Waals surface area contributed by atoms with E-state index in [-0.39, 0.29) is 23.1 Å². The zero-order valence-electron chi connectivity index (χ0n) is 25.4. The van der Waals surface area contributed by atoms with Crippen LogP contribution in [0.5, 0.6) is 0 Å². The van der Waals surface area contributed by atoms with Gasteiger partial charge in [0.15, 0.2) is 0 Å². The van der Waals surface area contributed by atoms with E-state index in [4.69, 9.17) is 0 Å². The summed E-state index contributed by atoms with van der Waals surface area (Å²) in [5.41, 5.74) is 2.79. The van der Waals surface area contributed by atoms with Gasteiger partial charge >= 0.3 is 0 Å². The third-order valence-corrected chi connectivity index (χ3v) is 8.80. The Kier molecular flexibility index (Phi) is 16.2. The van der Waals surface area contributed by atoms with Gasteiger partial charge in [-0.15, -0.1) is 0 Å². The molecule has 228 valence electrons. The Morgan fingerprint density at radius 3 is 1.95 bits per heavy atom. The molecule has 0 unspecified atom stereocenters. The lowest BCUT2D eigenvalue weighted by atomic mass is 10.0. The standard InChI is InChI=1S/C33H51N3O4S/c1-4-5-6-7-8-9-10-11-12-13-14-15-23-32(37)34-25-18-24-33(38)35-29-20-17-21-30(26-29)41(39,40)36-31-22-16-19-27(2)28(31)3/h16-17,19-22,26,36H,4-15,18,23-25H2,1-3H3,(H,34,37)(H,35,38). The Morgan fingerprint density at radius 2 is 1.29 bits per heavy atom. The second kappa shape index (κ2) is 19.3. The van der Waals surface area contributed by atoms with Gasteiger partial charge < -0.3 is 10.6 Å². The number of unbranched alkanes of at least 4 members (excludes halogenated alkanes) is 11. The van der Waals surface area contributed by atoms with Crippen molar-refractivity contribution in [1.82, 2.24) is 5.32 Å². The smallest absolute Gasteiger partial charge is 0.261 e. The molecule has 0 saturated heterocycles. The van der Waals surface area contributed by atoms with Gasteiger partial charge in [-0.1, -0.05) is 95.8 Å². The normalized spacial score (nSPS) is 11.3. The van der Waals surface area contributed by atoms with E-state index in [1.165, 1.54) is 76.3 Å². The Hall–Kier alpha value is -2.87. The minimum absolute atomic E-state index is 0.0340. The summed E-state index contributed by atoms with van der Waals surface area (Å²) in [5.74, 6) is -0.191. The van der Waals surface area contributed by atoms with E-state index in [0.717, 1.165) is 24.0 Å². The second-order valence-corrected chi connectivity index (χ2v) is 12.7. The van der Waals surface area contributed by atoms with E-state index in [1.807, 2.05) is 19.9 Å². The number of hydrogen-bond acceptors (Lipinski definition) is 4. The summed E-state index contributed by atoms with van der Waals surface area (Å²) in [6.07, 6.45) is 16.5. The predicted molar refractivity (Wildman–Crippen MR) is 170 cm³/mol. The molecule has 7 nitrogen and oxygen atoms in total. The first kappa shape index (κ1) is 34.3. The topological polar surface area (TPSA) is 104 Å². The molecule has 3 N–H and O–H groups in total. The highest BCUT2D eigenvalue weighted by molar-refractivity contribution is 7.92. The van der Waals surface area contributed by atoms with E-state index in [2.05, 4.69) is 22.3 Å². The maximum Gasteiger partial charge on any atom is 0.261 e. The first-order valence-corrected chi connectivity index (χ1v) is 17.0. The van der Waals surface area contributed by atoms with Crippen molar-refractivity contribution < 1.29 is 18.0 Å². The first-order chi connectivity index (χ1) is 19.7. The summed E-state index contributed by atoms with van der Waals surface area (Å²) in [4.78, 5) is 24.6. The van der Waals surface area contributed by atoms with E-state index >= 15 is 0 Å². The summed E-state index contributed by atoms with van der Waals surface area (Å²) >= 11 is 0. The van der Waals surface area contributed by atoms with Crippen molar-refractivity contribution in [2.24, 2.45) is 0 Å². The van der Waals surface area contributed by atoms with Crippen molar-refractivity contribution in [3.8, 4) is 0 Å². The quantitative estimate of drug-likeness (QED) is 0.129. The van der Waals surface area contributed by atoms with Crippen molar-refractivity contribution in [3.05, 3.63) is 53.6 Å². The molecule has 0 radical (unpaired) electrons. The average Bonchev–Trinajstić information content (AvgIpc) is 2.94. The fourth-order valence-corrected chi connectivity index (χ4v) is 5.89. The molecule has 2 amide bonds. The van der Waals surface area contributed by atoms with Crippen molar-refractivity contribution in [1.29, 1.82) is 0 Å². The average molecular weight is 586 g/mol. The van der Waals surface area contributed by atoms with Gasteiger partial charge in [0.25, 0.3) is 10.0 Å². The molecule has 0 aliphatic carbocycles.